The van der Waals surface area contributed by atoms with Gasteiger partial charge < -0.3 is 5.32 Å². The van der Waals surface area contributed by atoms with E-state index in [0.29, 0.717) is 6.42 Å². The van der Waals surface area contributed by atoms with Crippen LogP contribution >= 0.6 is 0 Å². The van der Waals surface area contributed by atoms with E-state index in [1.807, 2.05) is 6.92 Å². The summed E-state index contributed by atoms with van der Waals surface area (Å²) in [4.78, 5) is 12.5. The van der Waals surface area contributed by atoms with Crippen molar-refractivity contribution in [3.63, 3.8) is 0 Å². The maximum absolute atomic E-state index is 13.0. The predicted octanol–water partition coefficient (Wildman–Crippen LogP) is 4.25. The quantitative estimate of drug-likeness (QED) is 0.655. The zero-order chi connectivity index (χ0) is 21.6. The molecule has 0 radical (unpaired) electrons. The highest BCUT2D eigenvalue weighted by Crippen LogP contribution is 2.20. The number of halogens is 1. The minimum atomic E-state index is -3.51. The predicted molar refractivity (Wildman–Crippen MR) is 115 cm³/mol. The number of amides is 1. The molecule has 1 saturated carbocycles. The molecule has 3 rings (SSSR count). The summed E-state index contributed by atoms with van der Waals surface area (Å²) in [5.74, 6) is -0.417. The standard InChI is InChI=1S/C23H29FN2O3S/c1-17(19-10-12-20(24)13-11-19)25-23(27)16-9-18-7-14-22(15-8-18)30(28,29)26-21-5-3-2-4-6-21/h7-8,10-15,17,21,26H,2-6,9,16H2,1H3,(H,25,27)/t17-/m0/s1. The van der Waals surface area contributed by atoms with Crippen LogP contribution in [0.5, 0.6) is 0 Å². The monoisotopic (exact) mass is 432 g/mol. The zero-order valence-electron chi connectivity index (χ0n) is 17.2. The minimum Gasteiger partial charge on any atom is -0.350 e. The number of aryl methyl sites for hydroxylation is 1. The molecule has 0 bridgehead atoms. The Morgan fingerprint density at radius 3 is 2.30 bits per heavy atom. The summed E-state index contributed by atoms with van der Waals surface area (Å²) in [5.41, 5.74) is 1.74. The largest absolute Gasteiger partial charge is 0.350 e. The number of hydrogen-bond donors (Lipinski definition) is 2. The Morgan fingerprint density at radius 1 is 1.03 bits per heavy atom. The molecular weight excluding hydrogens is 403 g/mol. The van der Waals surface area contributed by atoms with Crippen molar-refractivity contribution < 1.29 is 17.6 Å². The van der Waals surface area contributed by atoms with Crippen LogP contribution in [0.3, 0.4) is 0 Å². The van der Waals surface area contributed by atoms with Gasteiger partial charge in [0.05, 0.1) is 10.9 Å². The number of carbonyl (C=O) groups is 1. The Bertz CT molecular complexity index is 937. The summed E-state index contributed by atoms with van der Waals surface area (Å²) < 4.78 is 40.9. The van der Waals surface area contributed by atoms with E-state index in [-0.39, 0.29) is 35.1 Å². The Hall–Kier alpha value is -2.25. The molecular formula is C23H29FN2O3S. The lowest BCUT2D eigenvalue weighted by Gasteiger charge is -2.22. The molecule has 2 aromatic carbocycles. The van der Waals surface area contributed by atoms with E-state index < -0.39 is 10.0 Å². The van der Waals surface area contributed by atoms with E-state index in [9.17, 15) is 17.6 Å². The fourth-order valence-electron chi connectivity index (χ4n) is 3.75. The molecule has 2 N–H and O–H groups in total. The minimum absolute atomic E-state index is 0.0234. The third-order valence-electron chi connectivity index (χ3n) is 5.55. The molecule has 7 heteroatoms. The zero-order valence-corrected chi connectivity index (χ0v) is 18.1. The summed E-state index contributed by atoms with van der Waals surface area (Å²) in [5, 5.41) is 2.90. The summed E-state index contributed by atoms with van der Waals surface area (Å²) in [6.07, 6.45) is 5.88. The van der Waals surface area contributed by atoms with Crippen LogP contribution in [-0.2, 0) is 21.2 Å². The van der Waals surface area contributed by atoms with Gasteiger partial charge >= 0.3 is 0 Å². The van der Waals surface area contributed by atoms with Gasteiger partial charge in [-0.2, -0.15) is 0 Å². The van der Waals surface area contributed by atoms with Crippen LogP contribution in [-0.4, -0.2) is 20.4 Å². The topological polar surface area (TPSA) is 75.3 Å². The third-order valence-corrected chi connectivity index (χ3v) is 7.09. The van der Waals surface area contributed by atoms with Gasteiger partial charge in [-0.25, -0.2) is 17.5 Å². The Balaban J connectivity index is 1.50. The first-order valence-electron chi connectivity index (χ1n) is 10.5. The molecule has 2 aromatic rings. The highest BCUT2D eigenvalue weighted by atomic mass is 32.2. The first kappa shape index (κ1) is 22.4. The summed E-state index contributed by atoms with van der Waals surface area (Å²) in [7, 11) is -3.51. The van der Waals surface area contributed by atoms with E-state index in [1.54, 1.807) is 36.4 Å². The number of carbonyl (C=O) groups excluding carboxylic acids is 1. The fourth-order valence-corrected chi connectivity index (χ4v) is 5.05. The molecule has 1 atom stereocenters. The molecule has 0 unspecified atom stereocenters. The van der Waals surface area contributed by atoms with Crippen LogP contribution in [0, 0.1) is 5.82 Å². The van der Waals surface area contributed by atoms with E-state index in [2.05, 4.69) is 10.0 Å². The molecule has 0 aromatic heterocycles. The average Bonchev–Trinajstić information content (AvgIpc) is 2.73. The molecule has 0 aliphatic heterocycles. The lowest BCUT2D eigenvalue weighted by Crippen LogP contribution is -2.36. The fraction of sp³-hybridized carbons (Fsp3) is 0.435. The molecule has 0 saturated heterocycles. The highest BCUT2D eigenvalue weighted by Gasteiger charge is 2.21. The van der Waals surface area contributed by atoms with Gasteiger partial charge in [-0.1, -0.05) is 43.5 Å². The maximum Gasteiger partial charge on any atom is 0.240 e. The van der Waals surface area contributed by atoms with Gasteiger partial charge in [-0.15, -0.1) is 0 Å². The number of rotatable bonds is 8. The van der Waals surface area contributed by atoms with Crippen molar-refractivity contribution in [1.82, 2.24) is 10.0 Å². The molecule has 0 heterocycles. The van der Waals surface area contributed by atoms with Crippen LogP contribution < -0.4 is 10.0 Å². The summed E-state index contributed by atoms with van der Waals surface area (Å²) in [6, 6.07) is 12.6. The second kappa shape index (κ2) is 10.2. The SMILES string of the molecule is C[C@H](NC(=O)CCc1ccc(S(=O)(=O)NC2CCCCC2)cc1)c1ccc(F)cc1. The maximum atomic E-state index is 13.0. The summed E-state index contributed by atoms with van der Waals surface area (Å²) >= 11 is 0. The van der Waals surface area contributed by atoms with Crippen LogP contribution in [0.25, 0.3) is 0 Å². The van der Waals surface area contributed by atoms with Crippen molar-refractivity contribution in [3.05, 3.63) is 65.5 Å². The molecule has 162 valence electrons. The molecule has 1 amide bonds. The molecule has 0 spiro atoms. The normalized spacial score (nSPS) is 16.2. The number of hydrogen-bond acceptors (Lipinski definition) is 3. The molecule has 30 heavy (non-hydrogen) atoms. The molecule has 1 aliphatic rings. The van der Waals surface area contributed by atoms with Crippen LogP contribution in [0.1, 0.15) is 62.6 Å². The van der Waals surface area contributed by atoms with Crippen LogP contribution in [0.2, 0.25) is 0 Å². The van der Waals surface area contributed by atoms with Gasteiger partial charge in [-0.05, 0) is 61.6 Å². The Kier molecular flexibility index (Phi) is 7.61. The smallest absolute Gasteiger partial charge is 0.240 e. The van der Waals surface area contributed by atoms with Crippen molar-refractivity contribution in [3.8, 4) is 0 Å². The Labute approximate surface area is 178 Å². The van der Waals surface area contributed by atoms with Crippen molar-refractivity contribution in [1.29, 1.82) is 0 Å². The van der Waals surface area contributed by atoms with E-state index in [1.165, 1.54) is 18.6 Å². The van der Waals surface area contributed by atoms with Crippen molar-refractivity contribution >= 4 is 15.9 Å². The highest BCUT2D eigenvalue weighted by molar-refractivity contribution is 7.89. The van der Waals surface area contributed by atoms with Gasteiger partial charge in [0.1, 0.15) is 5.82 Å². The van der Waals surface area contributed by atoms with Crippen molar-refractivity contribution in [2.75, 3.05) is 0 Å². The van der Waals surface area contributed by atoms with Gasteiger partial charge in [-0.3, -0.25) is 4.79 Å². The lowest BCUT2D eigenvalue weighted by molar-refractivity contribution is -0.121. The average molecular weight is 433 g/mol. The summed E-state index contributed by atoms with van der Waals surface area (Å²) in [6.45, 7) is 1.85. The first-order valence-corrected chi connectivity index (χ1v) is 12.0. The van der Waals surface area contributed by atoms with Crippen molar-refractivity contribution in [2.24, 2.45) is 0 Å². The third kappa shape index (κ3) is 6.37. The van der Waals surface area contributed by atoms with Gasteiger partial charge in [0, 0.05) is 12.5 Å². The number of sulfonamides is 1. The van der Waals surface area contributed by atoms with Crippen molar-refractivity contribution in [2.45, 2.75) is 68.8 Å². The van der Waals surface area contributed by atoms with Gasteiger partial charge in [0.15, 0.2) is 0 Å². The van der Waals surface area contributed by atoms with Gasteiger partial charge in [0.25, 0.3) is 0 Å². The molecule has 1 fully saturated rings. The molecule has 5 nitrogen and oxygen atoms in total. The van der Waals surface area contributed by atoms with E-state index >= 15 is 0 Å². The number of benzene rings is 2. The second-order valence-electron chi connectivity index (χ2n) is 7.94. The van der Waals surface area contributed by atoms with E-state index in [0.717, 1.165) is 36.8 Å². The lowest BCUT2D eigenvalue weighted by atomic mass is 9.96. The van der Waals surface area contributed by atoms with Gasteiger partial charge in [0.2, 0.25) is 15.9 Å². The molecule has 1 aliphatic carbocycles. The second-order valence-corrected chi connectivity index (χ2v) is 9.65. The Morgan fingerprint density at radius 2 is 1.67 bits per heavy atom. The van der Waals surface area contributed by atoms with Crippen LogP contribution in [0.15, 0.2) is 53.4 Å². The van der Waals surface area contributed by atoms with Crippen LogP contribution in [0.4, 0.5) is 4.39 Å². The van der Waals surface area contributed by atoms with E-state index in [4.69, 9.17) is 0 Å². The first-order chi connectivity index (χ1) is 14.3. The number of nitrogens with one attached hydrogen (secondary N) is 2.